The third-order valence-corrected chi connectivity index (χ3v) is 3.99. The Balaban J connectivity index is 1.83. The van der Waals surface area contributed by atoms with Gasteiger partial charge in [0.2, 0.25) is 0 Å². The van der Waals surface area contributed by atoms with Crippen molar-refractivity contribution in [1.82, 2.24) is 15.2 Å². The van der Waals surface area contributed by atoms with Crippen molar-refractivity contribution in [3.63, 3.8) is 0 Å². The molecule has 4 nitrogen and oxygen atoms in total. The topological polar surface area (TPSA) is 45.2 Å². The molecule has 1 saturated heterocycles. The van der Waals surface area contributed by atoms with E-state index in [2.05, 4.69) is 10.3 Å². The van der Waals surface area contributed by atoms with Crippen LogP contribution in [0.15, 0.2) is 36.4 Å². The molecule has 0 radical (unpaired) electrons. The zero-order chi connectivity index (χ0) is 13.9. The molecule has 0 atom stereocenters. The molecule has 1 N–H and O–H groups in total. The number of pyridine rings is 1. The maximum atomic E-state index is 12.5. The molecule has 1 aliphatic rings. The Bertz CT molecular complexity index is 620. The first-order chi connectivity index (χ1) is 9.75. The second-order valence-corrected chi connectivity index (χ2v) is 5.29. The molecule has 4 heteroatoms. The van der Waals surface area contributed by atoms with Gasteiger partial charge in [0.05, 0.1) is 5.52 Å². The van der Waals surface area contributed by atoms with Crippen LogP contribution in [-0.4, -0.2) is 42.0 Å². The molecule has 1 aliphatic heterocycles. The van der Waals surface area contributed by atoms with Crippen molar-refractivity contribution in [2.24, 2.45) is 0 Å². The van der Waals surface area contributed by atoms with Crippen LogP contribution in [0.2, 0.25) is 0 Å². The summed E-state index contributed by atoms with van der Waals surface area (Å²) in [6.45, 7) is 1.96. The van der Waals surface area contributed by atoms with E-state index in [1.165, 1.54) is 0 Å². The molecule has 1 aromatic carbocycles. The first kappa shape index (κ1) is 13.1. The van der Waals surface area contributed by atoms with Crippen LogP contribution in [0.5, 0.6) is 0 Å². The predicted molar refractivity (Wildman–Crippen MR) is 79.7 cm³/mol. The molecular formula is C16H19N3O. The molecule has 0 saturated carbocycles. The van der Waals surface area contributed by atoms with Crippen molar-refractivity contribution in [3.8, 4) is 0 Å². The molecule has 1 aromatic heterocycles. The van der Waals surface area contributed by atoms with Gasteiger partial charge in [-0.25, -0.2) is 4.98 Å². The van der Waals surface area contributed by atoms with Gasteiger partial charge in [0.1, 0.15) is 5.69 Å². The standard InChI is InChI=1S/C16H19N3O/c1-19(13-8-10-17-11-9-13)16(20)15-7-6-12-4-2-3-5-14(12)18-15/h2-7,13,17H,8-11H2,1H3. The molecule has 0 bridgehead atoms. The number of hydrogen-bond donors (Lipinski definition) is 1. The van der Waals surface area contributed by atoms with Gasteiger partial charge in [-0.1, -0.05) is 24.3 Å². The molecule has 0 aliphatic carbocycles. The maximum Gasteiger partial charge on any atom is 0.272 e. The SMILES string of the molecule is CN(C(=O)c1ccc2ccccc2n1)C1CCNCC1. The normalized spacial score (nSPS) is 16.2. The van der Waals surface area contributed by atoms with Gasteiger partial charge in [0.15, 0.2) is 0 Å². The Labute approximate surface area is 118 Å². The second-order valence-electron chi connectivity index (χ2n) is 5.29. The van der Waals surface area contributed by atoms with Crippen LogP contribution < -0.4 is 5.32 Å². The predicted octanol–water partition coefficient (Wildman–Crippen LogP) is 2.06. The van der Waals surface area contributed by atoms with Crippen molar-refractivity contribution in [1.29, 1.82) is 0 Å². The summed E-state index contributed by atoms with van der Waals surface area (Å²) in [6, 6.07) is 12.0. The fourth-order valence-electron chi connectivity index (χ4n) is 2.73. The van der Waals surface area contributed by atoms with Gasteiger partial charge in [0, 0.05) is 18.5 Å². The quantitative estimate of drug-likeness (QED) is 0.907. The number of hydrogen-bond acceptors (Lipinski definition) is 3. The number of amides is 1. The number of rotatable bonds is 2. The second kappa shape index (κ2) is 5.59. The molecule has 2 aromatic rings. The van der Waals surface area contributed by atoms with Crippen LogP contribution in [0.4, 0.5) is 0 Å². The van der Waals surface area contributed by atoms with Crippen molar-refractivity contribution in [2.75, 3.05) is 20.1 Å². The number of carbonyl (C=O) groups is 1. The maximum absolute atomic E-state index is 12.5. The number of aromatic nitrogens is 1. The molecule has 1 fully saturated rings. The van der Waals surface area contributed by atoms with E-state index in [1.54, 1.807) is 0 Å². The van der Waals surface area contributed by atoms with Crippen molar-refractivity contribution < 1.29 is 4.79 Å². The smallest absolute Gasteiger partial charge is 0.272 e. The van der Waals surface area contributed by atoms with E-state index >= 15 is 0 Å². The van der Waals surface area contributed by atoms with Crippen LogP contribution in [-0.2, 0) is 0 Å². The van der Waals surface area contributed by atoms with Crippen molar-refractivity contribution in [2.45, 2.75) is 18.9 Å². The van der Waals surface area contributed by atoms with Crippen molar-refractivity contribution >= 4 is 16.8 Å². The summed E-state index contributed by atoms with van der Waals surface area (Å²) in [6.07, 6.45) is 2.02. The first-order valence-corrected chi connectivity index (χ1v) is 7.09. The summed E-state index contributed by atoms with van der Waals surface area (Å²) in [5, 5.41) is 4.38. The van der Waals surface area contributed by atoms with Crippen molar-refractivity contribution in [3.05, 3.63) is 42.1 Å². The summed E-state index contributed by atoms with van der Waals surface area (Å²) >= 11 is 0. The third-order valence-electron chi connectivity index (χ3n) is 3.99. The zero-order valence-electron chi connectivity index (χ0n) is 11.7. The highest BCUT2D eigenvalue weighted by molar-refractivity contribution is 5.94. The number of benzene rings is 1. The molecule has 1 amide bonds. The van der Waals surface area contributed by atoms with Crippen LogP contribution in [0.1, 0.15) is 23.3 Å². The van der Waals surface area contributed by atoms with Gasteiger partial charge in [0.25, 0.3) is 5.91 Å². The fraction of sp³-hybridized carbons (Fsp3) is 0.375. The highest BCUT2D eigenvalue weighted by atomic mass is 16.2. The lowest BCUT2D eigenvalue weighted by atomic mass is 10.0. The minimum absolute atomic E-state index is 0.0163. The van der Waals surface area contributed by atoms with E-state index in [1.807, 2.05) is 48.3 Å². The highest BCUT2D eigenvalue weighted by Crippen LogP contribution is 2.16. The molecule has 104 valence electrons. The zero-order valence-corrected chi connectivity index (χ0v) is 11.7. The van der Waals surface area contributed by atoms with Crippen LogP contribution in [0.25, 0.3) is 10.9 Å². The lowest BCUT2D eigenvalue weighted by molar-refractivity contribution is 0.0697. The monoisotopic (exact) mass is 269 g/mol. The summed E-state index contributed by atoms with van der Waals surface area (Å²) in [5.74, 6) is 0.0163. The van der Waals surface area contributed by atoms with E-state index < -0.39 is 0 Å². The molecule has 20 heavy (non-hydrogen) atoms. The Morgan fingerprint density at radius 3 is 2.75 bits per heavy atom. The summed E-state index contributed by atoms with van der Waals surface area (Å²) in [4.78, 5) is 18.9. The van der Waals surface area contributed by atoms with Gasteiger partial charge >= 0.3 is 0 Å². The van der Waals surface area contributed by atoms with Crippen LogP contribution in [0.3, 0.4) is 0 Å². The van der Waals surface area contributed by atoms with Gasteiger partial charge in [-0.2, -0.15) is 0 Å². The van der Waals surface area contributed by atoms with Gasteiger partial charge in [-0.05, 0) is 38.1 Å². The number of piperidine rings is 1. The number of carbonyl (C=O) groups excluding carboxylic acids is 1. The molecule has 0 unspecified atom stereocenters. The fourth-order valence-corrected chi connectivity index (χ4v) is 2.73. The first-order valence-electron chi connectivity index (χ1n) is 7.09. The average molecular weight is 269 g/mol. The summed E-state index contributed by atoms with van der Waals surface area (Å²) in [7, 11) is 1.88. The van der Waals surface area contributed by atoms with E-state index in [0.29, 0.717) is 11.7 Å². The van der Waals surface area contributed by atoms with E-state index in [4.69, 9.17) is 0 Å². The Morgan fingerprint density at radius 1 is 1.20 bits per heavy atom. The molecule has 2 heterocycles. The lowest BCUT2D eigenvalue weighted by Crippen LogP contribution is -2.44. The largest absolute Gasteiger partial charge is 0.337 e. The molecular weight excluding hydrogens is 250 g/mol. The molecule has 0 spiro atoms. The average Bonchev–Trinajstić information content (AvgIpc) is 2.54. The minimum atomic E-state index is 0.0163. The minimum Gasteiger partial charge on any atom is -0.337 e. The number of nitrogens with one attached hydrogen (secondary N) is 1. The highest BCUT2D eigenvalue weighted by Gasteiger charge is 2.23. The molecule has 3 rings (SSSR count). The van der Waals surface area contributed by atoms with E-state index in [0.717, 1.165) is 36.8 Å². The lowest BCUT2D eigenvalue weighted by Gasteiger charge is -2.31. The number of nitrogens with zero attached hydrogens (tertiary/aromatic N) is 2. The van der Waals surface area contributed by atoms with Gasteiger partial charge in [-0.3, -0.25) is 4.79 Å². The summed E-state index contributed by atoms with van der Waals surface area (Å²) in [5.41, 5.74) is 1.40. The van der Waals surface area contributed by atoms with E-state index in [9.17, 15) is 4.79 Å². The van der Waals surface area contributed by atoms with E-state index in [-0.39, 0.29) is 5.91 Å². The van der Waals surface area contributed by atoms with Crippen LogP contribution in [0, 0.1) is 0 Å². The van der Waals surface area contributed by atoms with Crippen LogP contribution >= 0.6 is 0 Å². The Morgan fingerprint density at radius 2 is 1.95 bits per heavy atom. The summed E-state index contributed by atoms with van der Waals surface area (Å²) < 4.78 is 0. The Kier molecular flexibility index (Phi) is 3.65. The Hall–Kier alpha value is -1.94. The number of para-hydroxylation sites is 1. The third kappa shape index (κ3) is 2.51. The van der Waals surface area contributed by atoms with Gasteiger partial charge < -0.3 is 10.2 Å². The number of fused-ring (bicyclic) bond motifs is 1. The van der Waals surface area contributed by atoms with Gasteiger partial charge in [-0.15, -0.1) is 0 Å².